The molecule has 102 valence electrons. The third-order valence-corrected chi connectivity index (χ3v) is 2.42. The van der Waals surface area contributed by atoms with Crippen LogP contribution in [0, 0.1) is 0 Å². The predicted octanol–water partition coefficient (Wildman–Crippen LogP) is 3.33. The lowest BCUT2D eigenvalue weighted by atomic mass is 10.1. The summed E-state index contributed by atoms with van der Waals surface area (Å²) in [4.78, 5) is 2.55. The van der Waals surface area contributed by atoms with Gasteiger partial charge in [0.05, 0.1) is 11.1 Å². The fraction of sp³-hybridized carbons (Fsp3) is 0.182. The number of benzene rings is 1. The molecule has 1 aromatic carbocycles. The number of imidazole rings is 1. The van der Waals surface area contributed by atoms with Crippen molar-refractivity contribution in [2.24, 2.45) is 0 Å². The normalized spacial score (nSPS) is 12.7. The summed E-state index contributed by atoms with van der Waals surface area (Å²) < 4.78 is 76.7. The van der Waals surface area contributed by atoms with Crippen molar-refractivity contribution in [2.45, 2.75) is 12.4 Å². The molecule has 2 nitrogen and oxygen atoms in total. The van der Waals surface area contributed by atoms with Crippen LogP contribution in [0.15, 0.2) is 36.9 Å². The quantitative estimate of drug-likeness (QED) is 0.611. The number of hydrogen-bond donors (Lipinski definition) is 1. The van der Waals surface area contributed by atoms with Crippen molar-refractivity contribution in [1.29, 1.82) is 0 Å². The topological polar surface area (TPSA) is 19.7 Å². The van der Waals surface area contributed by atoms with Crippen LogP contribution < -0.4 is 4.57 Å². The number of hydrogen-bond acceptors (Lipinski definition) is 0. The molecule has 2 aromatic rings. The molecule has 0 saturated carbocycles. The first-order valence-corrected chi connectivity index (χ1v) is 5.02. The summed E-state index contributed by atoms with van der Waals surface area (Å²) in [5.74, 6) is 0. The first kappa shape index (κ1) is 13.4. The Bertz CT molecular complexity index is 536. The minimum atomic E-state index is -4.84. The van der Waals surface area contributed by atoms with Gasteiger partial charge >= 0.3 is 12.4 Å². The van der Waals surface area contributed by atoms with E-state index >= 15 is 0 Å². The van der Waals surface area contributed by atoms with Crippen molar-refractivity contribution in [3.63, 3.8) is 0 Å². The summed E-state index contributed by atoms with van der Waals surface area (Å²) in [5.41, 5.74) is -2.90. The van der Waals surface area contributed by atoms with E-state index in [2.05, 4.69) is 4.98 Å². The lowest BCUT2D eigenvalue weighted by Crippen LogP contribution is -2.28. The van der Waals surface area contributed by atoms with E-state index in [1.807, 2.05) is 0 Å². The molecule has 0 aliphatic heterocycles. The van der Waals surface area contributed by atoms with Crippen molar-refractivity contribution in [3.8, 4) is 5.69 Å². The van der Waals surface area contributed by atoms with E-state index in [0.29, 0.717) is 12.1 Å². The van der Waals surface area contributed by atoms with Crippen molar-refractivity contribution >= 4 is 0 Å². The summed E-state index contributed by atoms with van der Waals surface area (Å²) in [6, 6.07) is 1.41. The van der Waals surface area contributed by atoms with Gasteiger partial charge in [0.1, 0.15) is 18.1 Å². The van der Waals surface area contributed by atoms with Gasteiger partial charge in [0.25, 0.3) is 0 Å². The smallest absolute Gasteiger partial charge is 0.250 e. The highest BCUT2D eigenvalue weighted by molar-refractivity contribution is 5.37. The Hall–Kier alpha value is -1.99. The average molecular weight is 281 g/mol. The summed E-state index contributed by atoms with van der Waals surface area (Å²) in [5, 5.41) is 0. The van der Waals surface area contributed by atoms with Gasteiger partial charge in [0.15, 0.2) is 0 Å². The Kier molecular flexibility index (Phi) is 3.03. The fourth-order valence-corrected chi connectivity index (χ4v) is 1.54. The summed E-state index contributed by atoms with van der Waals surface area (Å²) in [6.45, 7) is 0. The fourth-order valence-electron chi connectivity index (χ4n) is 1.54. The molecule has 2 rings (SSSR count). The Labute approximate surface area is 103 Å². The predicted molar refractivity (Wildman–Crippen MR) is 52.3 cm³/mol. The van der Waals surface area contributed by atoms with Crippen molar-refractivity contribution in [1.82, 2.24) is 4.98 Å². The molecule has 0 amide bonds. The molecule has 0 atom stereocenters. The molecule has 0 aliphatic rings. The number of aromatic nitrogens is 2. The van der Waals surface area contributed by atoms with Crippen molar-refractivity contribution in [2.75, 3.05) is 0 Å². The standard InChI is InChI=1S/C11H6F6N2/c12-10(13,14)7-3-8(11(15,16)17)5-9(4-7)19-2-1-18-6-19/h1-6H/p+1. The van der Waals surface area contributed by atoms with Gasteiger partial charge in [-0.25, -0.2) is 9.55 Å². The Balaban J connectivity index is 2.62. The SMILES string of the molecule is FC(F)(F)c1cc(-[n+]2cc[nH]c2)cc(C(F)(F)F)c1. The molecule has 19 heavy (non-hydrogen) atoms. The highest BCUT2D eigenvalue weighted by Gasteiger charge is 2.37. The zero-order valence-corrected chi connectivity index (χ0v) is 9.18. The maximum Gasteiger partial charge on any atom is 0.416 e. The lowest BCUT2D eigenvalue weighted by Gasteiger charge is -2.12. The molecule has 0 fully saturated rings. The second-order valence-corrected chi connectivity index (χ2v) is 3.78. The number of H-pyrrole nitrogens is 1. The van der Waals surface area contributed by atoms with Crippen LogP contribution in [0.1, 0.15) is 11.1 Å². The molecule has 1 heterocycles. The van der Waals surface area contributed by atoms with E-state index in [0.717, 1.165) is 4.57 Å². The molecule has 0 unspecified atom stereocenters. The maximum atomic E-state index is 12.6. The van der Waals surface area contributed by atoms with Crippen LogP contribution in [0.25, 0.3) is 5.69 Å². The molecular formula is C11H7F6N2+. The molecule has 0 aliphatic carbocycles. The number of alkyl halides is 6. The van der Waals surface area contributed by atoms with Crippen LogP contribution in [0.3, 0.4) is 0 Å². The number of aromatic amines is 1. The van der Waals surface area contributed by atoms with Gasteiger partial charge in [-0.3, -0.25) is 0 Å². The first-order valence-electron chi connectivity index (χ1n) is 5.02. The third kappa shape index (κ3) is 2.88. The van der Waals surface area contributed by atoms with Gasteiger partial charge in [-0.1, -0.05) is 0 Å². The zero-order chi connectivity index (χ0) is 14.3. The second-order valence-electron chi connectivity index (χ2n) is 3.78. The van der Waals surface area contributed by atoms with Crippen LogP contribution in [0.5, 0.6) is 0 Å². The zero-order valence-electron chi connectivity index (χ0n) is 9.18. The van der Waals surface area contributed by atoms with Gasteiger partial charge in [0.2, 0.25) is 6.33 Å². The number of nitrogens with one attached hydrogen (secondary N) is 1. The van der Waals surface area contributed by atoms with Gasteiger partial charge < -0.3 is 0 Å². The minimum absolute atomic E-state index is 0.0940. The molecule has 1 N–H and O–H groups in total. The molecular weight excluding hydrogens is 274 g/mol. The summed E-state index contributed by atoms with van der Waals surface area (Å²) in [6.07, 6.45) is -5.74. The average Bonchev–Trinajstić information content (AvgIpc) is 2.79. The Morgan fingerprint density at radius 3 is 1.74 bits per heavy atom. The maximum absolute atomic E-state index is 12.6. The molecule has 0 bridgehead atoms. The van der Waals surface area contributed by atoms with Crippen LogP contribution >= 0.6 is 0 Å². The van der Waals surface area contributed by atoms with Gasteiger partial charge in [0, 0.05) is 0 Å². The Morgan fingerprint density at radius 1 is 0.842 bits per heavy atom. The van der Waals surface area contributed by atoms with E-state index < -0.39 is 23.5 Å². The molecule has 0 spiro atoms. The summed E-state index contributed by atoms with van der Waals surface area (Å²) >= 11 is 0. The molecule has 0 saturated heterocycles. The molecule has 0 radical (unpaired) electrons. The van der Waals surface area contributed by atoms with E-state index in [1.54, 1.807) is 0 Å². The van der Waals surface area contributed by atoms with Gasteiger partial charge in [-0.15, -0.1) is 0 Å². The third-order valence-electron chi connectivity index (χ3n) is 2.42. The number of halogens is 6. The van der Waals surface area contributed by atoms with E-state index in [1.165, 1.54) is 18.7 Å². The summed E-state index contributed by atoms with van der Waals surface area (Å²) in [7, 11) is 0. The first-order chi connectivity index (χ1) is 8.68. The van der Waals surface area contributed by atoms with E-state index in [4.69, 9.17) is 0 Å². The van der Waals surface area contributed by atoms with Crippen LogP contribution in [-0.2, 0) is 12.4 Å². The van der Waals surface area contributed by atoms with Crippen LogP contribution in [0.2, 0.25) is 0 Å². The Morgan fingerprint density at radius 2 is 1.37 bits per heavy atom. The van der Waals surface area contributed by atoms with Gasteiger partial charge in [-0.05, 0) is 18.2 Å². The monoisotopic (exact) mass is 281 g/mol. The molecule has 1 aromatic heterocycles. The molecule has 8 heteroatoms. The van der Waals surface area contributed by atoms with E-state index in [9.17, 15) is 26.3 Å². The van der Waals surface area contributed by atoms with Crippen LogP contribution in [0.4, 0.5) is 26.3 Å². The lowest BCUT2D eigenvalue weighted by molar-refractivity contribution is -0.594. The van der Waals surface area contributed by atoms with E-state index in [-0.39, 0.29) is 11.8 Å². The van der Waals surface area contributed by atoms with Crippen LogP contribution in [-0.4, -0.2) is 4.98 Å². The largest absolute Gasteiger partial charge is 0.416 e. The van der Waals surface area contributed by atoms with Gasteiger partial charge in [-0.2, -0.15) is 26.3 Å². The van der Waals surface area contributed by atoms with Crippen molar-refractivity contribution in [3.05, 3.63) is 48.0 Å². The number of nitrogens with zero attached hydrogens (tertiary/aromatic N) is 1. The van der Waals surface area contributed by atoms with Crippen molar-refractivity contribution < 1.29 is 30.9 Å². The minimum Gasteiger partial charge on any atom is -0.250 e. The highest BCUT2D eigenvalue weighted by atomic mass is 19.4. The second kappa shape index (κ2) is 4.29. The number of rotatable bonds is 1. The highest BCUT2D eigenvalue weighted by Crippen LogP contribution is 2.36.